The smallest absolute Gasteiger partial charge is 0.389 e. The second-order valence-electron chi connectivity index (χ2n) is 4.29. The van der Waals surface area contributed by atoms with Crippen LogP contribution in [0.2, 0.25) is 0 Å². The first-order chi connectivity index (χ1) is 13.2. The Kier molecular flexibility index (Phi) is 9.84. The monoisotopic (exact) mass is 457 g/mol. The summed E-state index contributed by atoms with van der Waals surface area (Å²) in [6.45, 7) is -3.10. The Morgan fingerprint density at radius 1 is 1.36 bits per heavy atom. The van der Waals surface area contributed by atoms with Crippen LogP contribution in [0.25, 0.3) is 0 Å². The molecule has 2 amide bonds. The summed E-state index contributed by atoms with van der Waals surface area (Å²) >= 11 is 10.8. The first kappa shape index (κ1) is 23.3. The maximum Gasteiger partial charge on any atom is 0.389 e. The molecule has 0 atom stereocenters. The Bertz CT molecular complexity index is 945. The molecule has 15 heteroatoms. The summed E-state index contributed by atoms with van der Waals surface area (Å²) in [5.74, 6) is 0.261. The number of benzene rings is 1. The zero-order valence-corrected chi connectivity index (χ0v) is 16.1. The van der Waals surface area contributed by atoms with E-state index in [2.05, 4.69) is 19.2 Å². The predicted octanol–water partition coefficient (Wildman–Crippen LogP) is 3.35. The van der Waals surface area contributed by atoms with Crippen LogP contribution in [0.15, 0.2) is 45.4 Å². The number of ether oxygens (including phenoxy) is 2. The second-order valence-corrected chi connectivity index (χ2v) is 5.49. The van der Waals surface area contributed by atoms with Crippen LogP contribution in [0.5, 0.6) is 11.8 Å². The van der Waals surface area contributed by atoms with Crippen LogP contribution in [0.4, 0.5) is 19.5 Å². The summed E-state index contributed by atoms with van der Waals surface area (Å²) in [6, 6.07) is 7.39. The molecule has 2 rings (SSSR count). The molecule has 2 aromatic rings. The molecule has 1 heterocycles. The van der Waals surface area contributed by atoms with Gasteiger partial charge in [0.1, 0.15) is 5.75 Å². The molecule has 0 aliphatic heterocycles. The zero-order valence-electron chi connectivity index (χ0n) is 13.8. The Morgan fingerprint density at radius 2 is 2.00 bits per heavy atom. The van der Waals surface area contributed by atoms with E-state index in [1.165, 1.54) is 12.6 Å². The number of aromatic nitrogens is 3. The Labute approximate surface area is 168 Å². The van der Waals surface area contributed by atoms with E-state index < -0.39 is 35.1 Å². The standard InChI is InChI=1S/C8H6Cl2O.C5H5F2N5O4S/c9-6-8(10)11-7-4-2-1-3-5-7;1-12-5(16-2(6)7)9-3(10-12)8-4(13)11-17(14)15/h1-6H;2H,1H3,(H,8,10,13). The number of aryl methyl sites for hydroxylation is 1. The lowest BCUT2D eigenvalue weighted by atomic mass is 10.3. The van der Waals surface area contributed by atoms with Gasteiger partial charge in [0.2, 0.25) is 5.22 Å². The second kappa shape index (κ2) is 11.8. The molecule has 0 saturated heterocycles. The molecule has 0 radical (unpaired) electrons. The summed E-state index contributed by atoms with van der Waals surface area (Å²) < 4.78 is 56.1. The SMILES string of the molecule is ClC=C(Cl)Oc1ccccc1.Cn1nc(NC(=O)N=S(=O)=O)nc1OC(F)F. The molecular formula is C13H11Cl2F2N5O5S. The van der Waals surface area contributed by atoms with E-state index in [-0.39, 0.29) is 5.22 Å². The lowest BCUT2D eigenvalue weighted by Crippen LogP contribution is -2.07. The number of halogens is 4. The Balaban J connectivity index is 0.000000307. The minimum Gasteiger partial charge on any atom is -0.444 e. The van der Waals surface area contributed by atoms with Crippen LogP contribution in [-0.4, -0.2) is 35.8 Å². The lowest BCUT2D eigenvalue weighted by Gasteiger charge is -2.00. The van der Waals surface area contributed by atoms with Crippen molar-refractivity contribution in [1.29, 1.82) is 0 Å². The number of carbonyl (C=O) groups excluding carboxylic acids is 1. The number of para-hydroxylation sites is 1. The van der Waals surface area contributed by atoms with E-state index in [4.69, 9.17) is 27.9 Å². The molecule has 0 bridgehead atoms. The highest BCUT2D eigenvalue weighted by atomic mass is 35.5. The highest BCUT2D eigenvalue weighted by Gasteiger charge is 2.14. The first-order valence-electron chi connectivity index (χ1n) is 6.88. The number of amides is 2. The van der Waals surface area contributed by atoms with E-state index in [0.29, 0.717) is 5.75 Å². The van der Waals surface area contributed by atoms with Crippen molar-refractivity contribution < 1.29 is 31.5 Å². The van der Waals surface area contributed by atoms with Crippen molar-refractivity contribution in [2.45, 2.75) is 6.61 Å². The van der Waals surface area contributed by atoms with E-state index in [0.717, 1.165) is 4.68 Å². The molecule has 1 N–H and O–H groups in total. The topological polar surface area (TPSA) is 125 Å². The minimum atomic E-state index is -3.10. The fourth-order valence-electron chi connectivity index (χ4n) is 1.41. The number of nitrogens with zero attached hydrogens (tertiary/aromatic N) is 4. The van der Waals surface area contributed by atoms with E-state index in [1.54, 1.807) is 12.1 Å². The highest BCUT2D eigenvalue weighted by molar-refractivity contribution is 7.62. The average Bonchev–Trinajstić information content (AvgIpc) is 2.93. The van der Waals surface area contributed by atoms with Crippen LogP contribution in [0.1, 0.15) is 0 Å². The first-order valence-corrected chi connectivity index (χ1v) is 8.72. The average molecular weight is 458 g/mol. The third-order valence-corrected chi connectivity index (χ3v) is 3.15. The Morgan fingerprint density at radius 3 is 2.54 bits per heavy atom. The van der Waals surface area contributed by atoms with Crippen LogP contribution in [-0.2, 0) is 17.5 Å². The fourth-order valence-corrected chi connectivity index (χ4v) is 1.73. The van der Waals surface area contributed by atoms with Gasteiger partial charge in [-0.2, -0.15) is 22.2 Å². The summed E-state index contributed by atoms with van der Waals surface area (Å²) in [4.78, 5) is 14.2. The van der Waals surface area contributed by atoms with Gasteiger partial charge in [0.15, 0.2) is 0 Å². The molecule has 152 valence electrons. The normalized spacial score (nSPS) is 10.6. The molecule has 0 saturated carbocycles. The lowest BCUT2D eigenvalue weighted by molar-refractivity contribution is -0.0583. The number of carbonyl (C=O) groups is 1. The molecule has 10 nitrogen and oxygen atoms in total. The van der Waals surface area contributed by atoms with Gasteiger partial charge in [0.25, 0.3) is 5.95 Å². The number of alkyl halides is 2. The predicted molar refractivity (Wildman–Crippen MR) is 94.9 cm³/mol. The molecule has 1 aromatic carbocycles. The van der Waals surface area contributed by atoms with Crippen LogP contribution >= 0.6 is 23.2 Å². The van der Waals surface area contributed by atoms with Crippen molar-refractivity contribution in [3.05, 3.63) is 41.1 Å². The van der Waals surface area contributed by atoms with E-state index >= 15 is 0 Å². The van der Waals surface area contributed by atoms with E-state index in [1.807, 2.05) is 23.5 Å². The van der Waals surface area contributed by atoms with Gasteiger partial charge < -0.3 is 9.47 Å². The van der Waals surface area contributed by atoms with Crippen LogP contribution in [0.3, 0.4) is 0 Å². The summed E-state index contributed by atoms with van der Waals surface area (Å²) in [5.41, 5.74) is 1.18. The molecule has 0 spiro atoms. The summed E-state index contributed by atoms with van der Waals surface area (Å²) in [6.07, 6.45) is 0. The third-order valence-electron chi connectivity index (χ3n) is 2.34. The number of anilines is 1. The van der Waals surface area contributed by atoms with Crippen molar-refractivity contribution in [3.8, 4) is 11.8 Å². The number of hydrogen-bond acceptors (Lipinski definition) is 7. The van der Waals surface area contributed by atoms with Gasteiger partial charge in [-0.25, -0.2) is 9.48 Å². The third kappa shape index (κ3) is 9.25. The van der Waals surface area contributed by atoms with Crippen molar-refractivity contribution >= 4 is 45.7 Å². The molecule has 0 aliphatic rings. The van der Waals surface area contributed by atoms with E-state index in [9.17, 15) is 22.0 Å². The number of rotatable bonds is 5. The summed E-state index contributed by atoms with van der Waals surface area (Å²) in [7, 11) is -1.69. The molecule has 1 aromatic heterocycles. The molecule has 0 fully saturated rings. The van der Waals surface area contributed by atoms with Crippen LogP contribution < -0.4 is 14.8 Å². The van der Waals surface area contributed by atoms with Crippen molar-refractivity contribution in [3.63, 3.8) is 0 Å². The van der Waals surface area contributed by atoms with Gasteiger partial charge in [-0.15, -0.1) is 5.10 Å². The number of hydrogen-bond donors (Lipinski definition) is 1. The molecule has 0 aliphatic carbocycles. The number of nitrogens with one attached hydrogen (secondary N) is 1. The van der Waals surface area contributed by atoms with Crippen molar-refractivity contribution in [2.75, 3.05) is 5.32 Å². The zero-order chi connectivity index (χ0) is 21.1. The number of urea groups is 1. The van der Waals surface area contributed by atoms with Gasteiger partial charge in [-0.3, -0.25) is 5.32 Å². The molecule has 0 unspecified atom stereocenters. The van der Waals surface area contributed by atoms with Crippen molar-refractivity contribution in [2.24, 2.45) is 11.4 Å². The fraction of sp³-hybridized carbons (Fsp3) is 0.154. The largest absolute Gasteiger partial charge is 0.444 e. The van der Waals surface area contributed by atoms with Gasteiger partial charge in [-0.1, -0.05) is 34.2 Å². The molecule has 28 heavy (non-hydrogen) atoms. The Hall–Kier alpha value is -2.77. The molecular weight excluding hydrogens is 447 g/mol. The maximum atomic E-state index is 11.9. The quantitative estimate of drug-likeness (QED) is 0.682. The summed E-state index contributed by atoms with van der Waals surface area (Å²) in [5, 5.41) is 5.47. The highest BCUT2D eigenvalue weighted by Crippen LogP contribution is 2.15. The maximum absolute atomic E-state index is 11.9. The van der Waals surface area contributed by atoms with Gasteiger partial charge >= 0.3 is 29.2 Å². The van der Waals surface area contributed by atoms with Gasteiger partial charge in [0, 0.05) is 7.05 Å². The van der Waals surface area contributed by atoms with Crippen LogP contribution in [0, 0.1) is 0 Å². The van der Waals surface area contributed by atoms with Gasteiger partial charge in [-0.05, 0) is 23.7 Å². The minimum absolute atomic E-state index is 0.165. The van der Waals surface area contributed by atoms with Gasteiger partial charge in [0.05, 0.1) is 5.54 Å². The van der Waals surface area contributed by atoms with Crippen molar-refractivity contribution in [1.82, 2.24) is 14.8 Å².